The monoisotopic (exact) mass is 246 g/mol. The number of ether oxygens (including phenoxy) is 1. The second-order valence-corrected chi connectivity index (χ2v) is 4.35. The highest BCUT2D eigenvalue weighted by molar-refractivity contribution is 5.85. The summed E-state index contributed by atoms with van der Waals surface area (Å²) >= 11 is 0. The smallest absolute Gasteiger partial charge is 0.339 e. The first kappa shape index (κ1) is 12.7. The molecule has 96 valence electrons. The highest BCUT2D eigenvalue weighted by Gasteiger charge is 2.13. The van der Waals surface area contributed by atoms with Gasteiger partial charge >= 0.3 is 5.63 Å². The summed E-state index contributed by atoms with van der Waals surface area (Å²) < 4.78 is 11.0. The van der Waals surface area contributed by atoms with E-state index in [1.807, 2.05) is 39.8 Å². The van der Waals surface area contributed by atoms with Crippen molar-refractivity contribution in [1.82, 2.24) is 0 Å². The lowest BCUT2D eigenvalue weighted by molar-refractivity contribution is 0.337. The summed E-state index contributed by atoms with van der Waals surface area (Å²) in [7, 11) is 0. The van der Waals surface area contributed by atoms with E-state index in [-0.39, 0.29) is 5.63 Å². The Kier molecular flexibility index (Phi) is 3.41. The second kappa shape index (κ2) is 4.84. The van der Waals surface area contributed by atoms with Gasteiger partial charge < -0.3 is 9.15 Å². The van der Waals surface area contributed by atoms with Crippen LogP contribution in [0.5, 0.6) is 5.75 Å². The lowest BCUT2D eigenvalue weighted by atomic mass is 10.0. The van der Waals surface area contributed by atoms with Crippen LogP contribution < -0.4 is 10.4 Å². The number of benzene rings is 1. The van der Waals surface area contributed by atoms with Crippen LogP contribution in [-0.2, 0) is 6.42 Å². The van der Waals surface area contributed by atoms with Gasteiger partial charge in [-0.05, 0) is 44.9 Å². The SMILES string of the molecule is CCOc1ccc2c(C)c(CC)c(=O)oc2c1C. The fourth-order valence-corrected chi connectivity index (χ4v) is 2.29. The zero-order valence-corrected chi connectivity index (χ0v) is 11.3. The van der Waals surface area contributed by atoms with E-state index in [4.69, 9.17) is 9.15 Å². The van der Waals surface area contributed by atoms with E-state index >= 15 is 0 Å². The molecule has 3 nitrogen and oxygen atoms in total. The van der Waals surface area contributed by atoms with Crippen molar-refractivity contribution >= 4 is 11.0 Å². The molecule has 0 saturated heterocycles. The molecule has 0 bridgehead atoms. The first-order chi connectivity index (χ1) is 8.60. The molecule has 0 aliphatic carbocycles. The lowest BCUT2D eigenvalue weighted by Gasteiger charge is -2.11. The van der Waals surface area contributed by atoms with Gasteiger partial charge in [0.15, 0.2) is 0 Å². The Morgan fingerprint density at radius 3 is 2.50 bits per heavy atom. The molecule has 0 unspecified atom stereocenters. The minimum Gasteiger partial charge on any atom is -0.493 e. The molecule has 2 aromatic rings. The molecule has 0 atom stereocenters. The van der Waals surface area contributed by atoms with Gasteiger partial charge in [-0.2, -0.15) is 0 Å². The molecule has 0 radical (unpaired) electrons. The molecule has 0 amide bonds. The van der Waals surface area contributed by atoms with E-state index < -0.39 is 0 Å². The van der Waals surface area contributed by atoms with Crippen molar-refractivity contribution in [3.05, 3.63) is 39.2 Å². The summed E-state index contributed by atoms with van der Waals surface area (Å²) in [6, 6.07) is 3.90. The topological polar surface area (TPSA) is 39.4 Å². The Balaban J connectivity index is 2.80. The quantitative estimate of drug-likeness (QED) is 0.779. The first-order valence-corrected chi connectivity index (χ1v) is 6.28. The highest BCUT2D eigenvalue weighted by atomic mass is 16.5. The van der Waals surface area contributed by atoms with Crippen molar-refractivity contribution in [3.63, 3.8) is 0 Å². The third-order valence-electron chi connectivity index (χ3n) is 3.31. The first-order valence-electron chi connectivity index (χ1n) is 6.28. The number of aryl methyl sites for hydroxylation is 2. The van der Waals surface area contributed by atoms with Gasteiger partial charge in [-0.1, -0.05) is 6.92 Å². The minimum absolute atomic E-state index is 0.237. The number of hydrogen-bond donors (Lipinski definition) is 0. The predicted molar refractivity (Wildman–Crippen MR) is 72.5 cm³/mol. The van der Waals surface area contributed by atoms with Crippen molar-refractivity contribution in [3.8, 4) is 5.75 Å². The van der Waals surface area contributed by atoms with E-state index in [1.165, 1.54) is 0 Å². The van der Waals surface area contributed by atoms with E-state index in [2.05, 4.69) is 0 Å². The van der Waals surface area contributed by atoms with Crippen LogP contribution in [0.3, 0.4) is 0 Å². The van der Waals surface area contributed by atoms with Crippen LogP contribution in [0.2, 0.25) is 0 Å². The van der Waals surface area contributed by atoms with Crippen LogP contribution in [0.25, 0.3) is 11.0 Å². The number of fused-ring (bicyclic) bond motifs is 1. The summed E-state index contributed by atoms with van der Waals surface area (Å²) in [5, 5.41) is 0.993. The normalized spacial score (nSPS) is 10.9. The lowest BCUT2D eigenvalue weighted by Crippen LogP contribution is -2.09. The molecule has 1 heterocycles. The molecule has 0 fully saturated rings. The Morgan fingerprint density at radius 1 is 1.17 bits per heavy atom. The molecule has 0 aliphatic rings. The largest absolute Gasteiger partial charge is 0.493 e. The van der Waals surface area contributed by atoms with Crippen LogP contribution in [0.1, 0.15) is 30.5 Å². The molecular formula is C15H18O3. The Hall–Kier alpha value is -1.77. The molecule has 0 saturated carbocycles. The van der Waals surface area contributed by atoms with Gasteiger partial charge in [-0.15, -0.1) is 0 Å². The van der Waals surface area contributed by atoms with Gasteiger partial charge in [0.1, 0.15) is 11.3 Å². The summed E-state index contributed by atoms with van der Waals surface area (Å²) in [6.07, 6.45) is 0.691. The van der Waals surface area contributed by atoms with Gasteiger partial charge in [0.2, 0.25) is 0 Å². The molecule has 18 heavy (non-hydrogen) atoms. The van der Waals surface area contributed by atoms with Crippen molar-refractivity contribution in [2.45, 2.75) is 34.1 Å². The van der Waals surface area contributed by atoms with Crippen LogP contribution in [0, 0.1) is 13.8 Å². The number of hydrogen-bond acceptors (Lipinski definition) is 3. The maximum absolute atomic E-state index is 11.9. The molecule has 0 spiro atoms. The van der Waals surface area contributed by atoms with Crippen LogP contribution >= 0.6 is 0 Å². The molecule has 0 aliphatic heterocycles. The summed E-state index contributed by atoms with van der Waals surface area (Å²) in [5.41, 5.74) is 3.05. The van der Waals surface area contributed by atoms with Gasteiger partial charge in [-0.3, -0.25) is 0 Å². The summed E-state index contributed by atoms with van der Waals surface area (Å²) in [4.78, 5) is 11.9. The third kappa shape index (κ3) is 1.90. The minimum atomic E-state index is -0.237. The zero-order chi connectivity index (χ0) is 13.3. The molecule has 2 rings (SSSR count). The maximum atomic E-state index is 11.9. The predicted octanol–water partition coefficient (Wildman–Crippen LogP) is 3.37. The fourth-order valence-electron chi connectivity index (χ4n) is 2.29. The van der Waals surface area contributed by atoms with Crippen LogP contribution in [0.4, 0.5) is 0 Å². The molecule has 0 N–H and O–H groups in total. The Labute approximate surface area is 106 Å². The standard InChI is InChI=1S/C15H18O3/c1-5-11-9(3)12-7-8-13(17-6-2)10(4)14(12)18-15(11)16/h7-8H,5-6H2,1-4H3. The molecule has 3 heteroatoms. The van der Waals surface area contributed by atoms with Gasteiger partial charge in [0, 0.05) is 16.5 Å². The van der Waals surface area contributed by atoms with E-state index in [9.17, 15) is 4.79 Å². The van der Waals surface area contributed by atoms with E-state index in [0.29, 0.717) is 18.6 Å². The molecule has 1 aromatic heterocycles. The molecule has 1 aromatic carbocycles. The summed E-state index contributed by atoms with van der Waals surface area (Å²) in [6.45, 7) is 8.39. The Morgan fingerprint density at radius 2 is 1.89 bits per heavy atom. The zero-order valence-electron chi connectivity index (χ0n) is 11.3. The third-order valence-corrected chi connectivity index (χ3v) is 3.31. The number of rotatable bonds is 3. The van der Waals surface area contributed by atoms with Crippen molar-refractivity contribution < 1.29 is 9.15 Å². The van der Waals surface area contributed by atoms with Crippen LogP contribution in [-0.4, -0.2) is 6.61 Å². The Bertz CT molecular complexity index is 638. The highest BCUT2D eigenvalue weighted by Crippen LogP contribution is 2.29. The fraction of sp³-hybridized carbons (Fsp3) is 0.400. The summed E-state index contributed by atoms with van der Waals surface area (Å²) in [5.74, 6) is 0.775. The molecular weight excluding hydrogens is 228 g/mol. The maximum Gasteiger partial charge on any atom is 0.339 e. The van der Waals surface area contributed by atoms with Crippen LogP contribution in [0.15, 0.2) is 21.3 Å². The van der Waals surface area contributed by atoms with Crippen molar-refractivity contribution in [2.24, 2.45) is 0 Å². The van der Waals surface area contributed by atoms with E-state index in [1.54, 1.807) is 0 Å². The van der Waals surface area contributed by atoms with Gasteiger partial charge in [0.05, 0.1) is 6.61 Å². The van der Waals surface area contributed by atoms with Gasteiger partial charge in [0.25, 0.3) is 0 Å². The van der Waals surface area contributed by atoms with Gasteiger partial charge in [-0.25, -0.2) is 4.79 Å². The van der Waals surface area contributed by atoms with Crippen molar-refractivity contribution in [1.29, 1.82) is 0 Å². The average molecular weight is 246 g/mol. The second-order valence-electron chi connectivity index (χ2n) is 4.35. The van der Waals surface area contributed by atoms with Crippen molar-refractivity contribution in [2.75, 3.05) is 6.61 Å². The average Bonchev–Trinajstić information content (AvgIpc) is 2.34. The van der Waals surface area contributed by atoms with E-state index in [0.717, 1.165) is 27.8 Å².